The van der Waals surface area contributed by atoms with Gasteiger partial charge in [0.1, 0.15) is 17.6 Å². The van der Waals surface area contributed by atoms with Crippen LogP contribution in [-0.4, -0.2) is 6.61 Å². The fourth-order valence-corrected chi connectivity index (χ4v) is 2.31. The number of hydrogen-bond donors (Lipinski definition) is 2. The maximum atomic E-state index is 13.3. The highest BCUT2D eigenvalue weighted by Gasteiger charge is 2.21. The molecule has 0 amide bonds. The smallest absolute Gasteiger partial charge is 0.123 e. The number of hydrogen-bond acceptors (Lipinski definition) is 3. The SMILES string of the molecule is NNC(C1=CCCCO1)c1cc(F)ccc1Br. The molecule has 3 N–H and O–H groups in total. The molecule has 0 radical (unpaired) electrons. The van der Waals surface area contributed by atoms with Crippen LogP contribution in [0, 0.1) is 5.82 Å². The molecular weight excluding hydrogens is 287 g/mol. The van der Waals surface area contributed by atoms with Crippen molar-refractivity contribution >= 4 is 15.9 Å². The van der Waals surface area contributed by atoms with Crippen LogP contribution in [0.15, 0.2) is 34.5 Å². The number of halogens is 2. The molecule has 1 aromatic rings. The maximum absolute atomic E-state index is 13.3. The normalized spacial score (nSPS) is 17.2. The highest BCUT2D eigenvalue weighted by Crippen LogP contribution is 2.31. The van der Waals surface area contributed by atoms with Gasteiger partial charge in [-0.1, -0.05) is 15.9 Å². The fraction of sp³-hybridized carbons (Fsp3) is 0.333. The molecule has 1 aliphatic heterocycles. The lowest BCUT2D eigenvalue weighted by Gasteiger charge is -2.24. The molecule has 92 valence electrons. The van der Waals surface area contributed by atoms with Gasteiger partial charge in [0.25, 0.3) is 0 Å². The minimum Gasteiger partial charge on any atom is -0.496 e. The van der Waals surface area contributed by atoms with E-state index in [1.165, 1.54) is 12.1 Å². The highest BCUT2D eigenvalue weighted by atomic mass is 79.9. The van der Waals surface area contributed by atoms with Crippen LogP contribution in [0.25, 0.3) is 0 Å². The number of benzene rings is 1. The molecule has 0 bridgehead atoms. The molecular formula is C12H14BrFN2O. The first kappa shape index (κ1) is 12.5. The molecule has 1 aromatic carbocycles. The van der Waals surface area contributed by atoms with E-state index in [-0.39, 0.29) is 11.9 Å². The van der Waals surface area contributed by atoms with E-state index in [1.807, 2.05) is 6.08 Å². The Bertz CT molecular complexity index is 437. The Morgan fingerprint density at radius 3 is 2.94 bits per heavy atom. The summed E-state index contributed by atoms with van der Waals surface area (Å²) < 4.78 is 19.6. The van der Waals surface area contributed by atoms with Gasteiger partial charge in [-0.15, -0.1) is 0 Å². The minimum absolute atomic E-state index is 0.292. The minimum atomic E-state index is -0.319. The van der Waals surface area contributed by atoms with E-state index in [1.54, 1.807) is 6.07 Å². The van der Waals surface area contributed by atoms with Gasteiger partial charge >= 0.3 is 0 Å². The molecule has 1 heterocycles. The Kier molecular flexibility index (Phi) is 4.15. The number of rotatable bonds is 3. The van der Waals surface area contributed by atoms with Gasteiger partial charge in [0.05, 0.1) is 6.61 Å². The van der Waals surface area contributed by atoms with Gasteiger partial charge in [-0.25, -0.2) is 9.82 Å². The summed E-state index contributed by atoms with van der Waals surface area (Å²) in [5.74, 6) is 6.00. The molecule has 17 heavy (non-hydrogen) atoms. The molecule has 5 heteroatoms. The maximum Gasteiger partial charge on any atom is 0.123 e. The van der Waals surface area contributed by atoms with Crippen molar-refractivity contribution in [1.82, 2.24) is 5.43 Å². The molecule has 0 aromatic heterocycles. The predicted octanol–water partition coefficient (Wildman–Crippen LogP) is 2.79. The number of nitrogens with two attached hydrogens (primary N) is 1. The summed E-state index contributed by atoms with van der Waals surface area (Å²) in [5, 5.41) is 0. The number of ether oxygens (including phenoxy) is 1. The lowest BCUT2D eigenvalue weighted by Crippen LogP contribution is -2.31. The molecule has 1 aliphatic rings. The van der Waals surface area contributed by atoms with Gasteiger partial charge in [-0.3, -0.25) is 5.84 Å². The monoisotopic (exact) mass is 300 g/mol. The standard InChI is InChI=1S/C12H14BrFN2O/c13-10-5-4-8(14)7-9(10)12(16-15)11-3-1-2-6-17-11/h3-5,7,12,16H,1-2,6,15H2. The van der Waals surface area contributed by atoms with Crippen molar-refractivity contribution in [2.45, 2.75) is 18.9 Å². The van der Waals surface area contributed by atoms with Crippen molar-refractivity contribution < 1.29 is 9.13 Å². The highest BCUT2D eigenvalue weighted by molar-refractivity contribution is 9.10. The van der Waals surface area contributed by atoms with Crippen LogP contribution >= 0.6 is 15.9 Å². The van der Waals surface area contributed by atoms with Crippen molar-refractivity contribution in [3.05, 3.63) is 45.9 Å². The zero-order chi connectivity index (χ0) is 12.3. The molecule has 0 fully saturated rings. The van der Waals surface area contributed by atoms with Crippen LogP contribution in [0.5, 0.6) is 0 Å². The van der Waals surface area contributed by atoms with Crippen LogP contribution < -0.4 is 11.3 Å². The summed E-state index contributed by atoms with van der Waals surface area (Å²) in [5.41, 5.74) is 3.40. The van der Waals surface area contributed by atoms with E-state index in [9.17, 15) is 4.39 Å². The fourth-order valence-electron chi connectivity index (χ4n) is 1.84. The van der Waals surface area contributed by atoms with Gasteiger partial charge in [-0.2, -0.15) is 0 Å². The first-order valence-corrected chi connectivity index (χ1v) is 6.25. The first-order chi connectivity index (χ1) is 8.22. The number of hydrazine groups is 1. The summed E-state index contributed by atoms with van der Waals surface area (Å²) in [4.78, 5) is 0. The predicted molar refractivity (Wildman–Crippen MR) is 67.4 cm³/mol. The average molecular weight is 301 g/mol. The summed E-state index contributed by atoms with van der Waals surface area (Å²) in [6.45, 7) is 0.678. The lowest BCUT2D eigenvalue weighted by molar-refractivity contribution is 0.167. The molecule has 0 spiro atoms. The molecule has 3 nitrogen and oxygen atoms in total. The Labute approximate surface area is 108 Å². The van der Waals surface area contributed by atoms with E-state index in [0.29, 0.717) is 6.61 Å². The van der Waals surface area contributed by atoms with Crippen LogP contribution in [0.4, 0.5) is 4.39 Å². The van der Waals surface area contributed by atoms with Crippen molar-refractivity contribution in [2.24, 2.45) is 5.84 Å². The summed E-state index contributed by atoms with van der Waals surface area (Å²) in [6.07, 6.45) is 3.96. The van der Waals surface area contributed by atoms with E-state index in [4.69, 9.17) is 10.6 Å². The Morgan fingerprint density at radius 1 is 1.47 bits per heavy atom. The van der Waals surface area contributed by atoms with Gasteiger partial charge in [0.15, 0.2) is 0 Å². The third kappa shape index (κ3) is 2.86. The summed E-state index contributed by atoms with van der Waals surface area (Å²) >= 11 is 3.39. The van der Waals surface area contributed by atoms with Gasteiger partial charge in [-0.05, 0) is 42.7 Å². The Hall–Kier alpha value is -0.910. The molecule has 1 atom stereocenters. The Balaban J connectivity index is 2.34. The van der Waals surface area contributed by atoms with Crippen molar-refractivity contribution in [1.29, 1.82) is 0 Å². The topological polar surface area (TPSA) is 47.3 Å². The summed E-state index contributed by atoms with van der Waals surface area (Å²) in [7, 11) is 0. The van der Waals surface area contributed by atoms with Gasteiger partial charge in [0, 0.05) is 4.47 Å². The van der Waals surface area contributed by atoms with Crippen LogP contribution in [0.3, 0.4) is 0 Å². The summed E-state index contributed by atoms with van der Waals surface area (Å²) in [6, 6.07) is 4.20. The van der Waals surface area contributed by atoms with E-state index >= 15 is 0 Å². The van der Waals surface area contributed by atoms with Crippen molar-refractivity contribution in [3.63, 3.8) is 0 Å². The molecule has 0 aliphatic carbocycles. The van der Waals surface area contributed by atoms with Crippen molar-refractivity contribution in [3.8, 4) is 0 Å². The van der Waals surface area contributed by atoms with E-state index in [2.05, 4.69) is 21.4 Å². The third-order valence-corrected chi connectivity index (χ3v) is 3.41. The van der Waals surface area contributed by atoms with Crippen LogP contribution in [-0.2, 0) is 4.74 Å². The van der Waals surface area contributed by atoms with Gasteiger partial charge < -0.3 is 4.74 Å². The molecule has 0 saturated heterocycles. The number of allylic oxidation sites excluding steroid dienone is 1. The quantitative estimate of drug-likeness (QED) is 0.666. The second kappa shape index (κ2) is 5.62. The van der Waals surface area contributed by atoms with E-state index < -0.39 is 0 Å². The van der Waals surface area contributed by atoms with Crippen LogP contribution in [0.2, 0.25) is 0 Å². The molecule has 1 unspecified atom stereocenters. The van der Waals surface area contributed by atoms with Gasteiger partial charge in [0.2, 0.25) is 0 Å². The average Bonchev–Trinajstić information content (AvgIpc) is 2.36. The third-order valence-electron chi connectivity index (χ3n) is 2.68. The van der Waals surface area contributed by atoms with E-state index in [0.717, 1.165) is 28.6 Å². The number of nitrogens with one attached hydrogen (secondary N) is 1. The first-order valence-electron chi connectivity index (χ1n) is 5.46. The zero-order valence-electron chi connectivity index (χ0n) is 9.25. The second-order valence-electron chi connectivity index (χ2n) is 3.86. The Morgan fingerprint density at radius 2 is 2.29 bits per heavy atom. The molecule has 2 rings (SSSR count). The largest absolute Gasteiger partial charge is 0.496 e. The van der Waals surface area contributed by atoms with Crippen molar-refractivity contribution in [2.75, 3.05) is 6.61 Å². The molecule has 0 saturated carbocycles. The van der Waals surface area contributed by atoms with Crippen LogP contribution in [0.1, 0.15) is 24.4 Å². The lowest BCUT2D eigenvalue weighted by atomic mass is 10.0. The zero-order valence-corrected chi connectivity index (χ0v) is 10.8. The second-order valence-corrected chi connectivity index (χ2v) is 4.72.